The number of carbonyl (C=O) groups is 1. The van der Waals surface area contributed by atoms with Crippen molar-refractivity contribution < 1.29 is 19.4 Å². The van der Waals surface area contributed by atoms with Gasteiger partial charge in [-0.1, -0.05) is 12.8 Å². The van der Waals surface area contributed by atoms with Crippen molar-refractivity contribution in [3.63, 3.8) is 0 Å². The smallest absolute Gasteiger partial charge is 0.292 e. The molecular formula is C12H19NO4. The Bertz CT molecular complexity index is 297. The van der Waals surface area contributed by atoms with Gasteiger partial charge in [-0.15, -0.1) is 0 Å². The molecule has 17 heavy (non-hydrogen) atoms. The third kappa shape index (κ3) is 2.91. The van der Waals surface area contributed by atoms with E-state index in [9.17, 15) is 4.79 Å². The summed E-state index contributed by atoms with van der Waals surface area (Å²) < 4.78 is 10.4. The molecule has 5 heteroatoms. The molecule has 0 aromatic heterocycles. The van der Waals surface area contributed by atoms with E-state index in [1.165, 1.54) is 6.26 Å². The van der Waals surface area contributed by atoms with Crippen molar-refractivity contribution in [3.05, 3.63) is 12.0 Å². The number of hydrogen-bond acceptors (Lipinski definition) is 4. The van der Waals surface area contributed by atoms with Crippen molar-refractivity contribution in [1.82, 2.24) is 4.90 Å². The third-order valence-electron chi connectivity index (χ3n) is 3.23. The van der Waals surface area contributed by atoms with Gasteiger partial charge in [0.1, 0.15) is 19.5 Å². The number of ether oxygens (including phenoxy) is 2. The molecule has 0 saturated heterocycles. The van der Waals surface area contributed by atoms with Crippen LogP contribution in [0.4, 0.5) is 0 Å². The lowest BCUT2D eigenvalue weighted by molar-refractivity contribution is -0.135. The van der Waals surface area contributed by atoms with Gasteiger partial charge in [-0.2, -0.15) is 0 Å². The first-order valence-corrected chi connectivity index (χ1v) is 6.19. The van der Waals surface area contributed by atoms with E-state index in [0.717, 1.165) is 25.7 Å². The molecule has 1 heterocycles. The number of amides is 1. The van der Waals surface area contributed by atoms with Gasteiger partial charge in [0, 0.05) is 12.6 Å². The summed E-state index contributed by atoms with van der Waals surface area (Å²) in [5.74, 6) is 0.0993. The second-order valence-corrected chi connectivity index (χ2v) is 4.36. The molecule has 1 amide bonds. The average molecular weight is 241 g/mol. The standard InChI is InChI=1S/C12H19NO4/c14-6-5-13(10-3-1-2-4-10)12(15)11-9-16-7-8-17-11/h9-10,14H,1-8H2. The maximum atomic E-state index is 12.2. The van der Waals surface area contributed by atoms with Gasteiger partial charge in [-0.3, -0.25) is 4.79 Å². The van der Waals surface area contributed by atoms with Crippen molar-refractivity contribution in [3.8, 4) is 0 Å². The molecule has 0 radical (unpaired) electrons. The Morgan fingerprint density at radius 2 is 2.18 bits per heavy atom. The zero-order valence-corrected chi connectivity index (χ0v) is 9.93. The minimum absolute atomic E-state index is 0.0175. The third-order valence-corrected chi connectivity index (χ3v) is 3.23. The fourth-order valence-electron chi connectivity index (χ4n) is 2.40. The summed E-state index contributed by atoms with van der Waals surface area (Å²) >= 11 is 0. The molecule has 96 valence electrons. The van der Waals surface area contributed by atoms with Crippen molar-refractivity contribution >= 4 is 5.91 Å². The fraction of sp³-hybridized carbons (Fsp3) is 0.750. The first-order chi connectivity index (χ1) is 8.33. The molecule has 0 bridgehead atoms. The molecule has 1 aliphatic heterocycles. The lowest BCUT2D eigenvalue weighted by atomic mass is 10.2. The van der Waals surface area contributed by atoms with Crippen molar-refractivity contribution in [2.24, 2.45) is 0 Å². The molecule has 1 N–H and O–H groups in total. The minimum Gasteiger partial charge on any atom is -0.494 e. The second-order valence-electron chi connectivity index (χ2n) is 4.36. The Hall–Kier alpha value is -1.23. The van der Waals surface area contributed by atoms with Gasteiger partial charge in [0.05, 0.1) is 6.61 Å². The van der Waals surface area contributed by atoms with E-state index < -0.39 is 0 Å². The van der Waals surface area contributed by atoms with E-state index >= 15 is 0 Å². The zero-order chi connectivity index (χ0) is 12.1. The number of carbonyl (C=O) groups excluding carboxylic acids is 1. The highest BCUT2D eigenvalue weighted by Gasteiger charge is 2.29. The average Bonchev–Trinajstić information content (AvgIpc) is 2.90. The van der Waals surface area contributed by atoms with Crippen LogP contribution in [0, 0.1) is 0 Å². The van der Waals surface area contributed by atoms with Crippen LogP contribution >= 0.6 is 0 Å². The van der Waals surface area contributed by atoms with Crippen LogP contribution in [-0.2, 0) is 14.3 Å². The van der Waals surface area contributed by atoms with Crippen LogP contribution in [-0.4, -0.2) is 48.3 Å². The number of rotatable bonds is 4. The number of aliphatic hydroxyl groups is 1. The lowest BCUT2D eigenvalue weighted by Gasteiger charge is -2.29. The summed E-state index contributed by atoms with van der Waals surface area (Å²) in [7, 11) is 0. The van der Waals surface area contributed by atoms with Crippen LogP contribution in [0.2, 0.25) is 0 Å². The van der Waals surface area contributed by atoms with Gasteiger partial charge in [0.15, 0.2) is 0 Å². The van der Waals surface area contributed by atoms with Crippen LogP contribution in [0.1, 0.15) is 25.7 Å². The fourth-order valence-corrected chi connectivity index (χ4v) is 2.40. The molecule has 1 aliphatic carbocycles. The van der Waals surface area contributed by atoms with Crippen molar-refractivity contribution in [2.45, 2.75) is 31.7 Å². The maximum absolute atomic E-state index is 12.2. The zero-order valence-electron chi connectivity index (χ0n) is 9.93. The maximum Gasteiger partial charge on any atom is 0.292 e. The van der Waals surface area contributed by atoms with Crippen LogP contribution < -0.4 is 0 Å². The summed E-state index contributed by atoms with van der Waals surface area (Å²) in [4.78, 5) is 13.9. The predicted octanol–water partition coefficient (Wildman–Crippen LogP) is 0.638. The largest absolute Gasteiger partial charge is 0.494 e. The van der Waals surface area contributed by atoms with E-state index in [1.54, 1.807) is 4.90 Å². The molecule has 0 atom stereocenters. The van der Waals surface area contributed by atoms with E-state index in [-0.39, 0.29) is 24.3 Å². The summed E-state index contributed by atoms with van der Waals surface area (Å²) in [5.41, 5.74) is 0. The van der Waals surface area contributed by atoms with E-state index in [2.05, 4.69) is 0 Å². The Kier molecular flexibility index (Phi) is 4.25. The lowest BCUT2D eigenvalue weighted by Crippen LogP contribution is -2.42. The number of aliphatic hydroxyl groups excluding tert-OH is 1. The molecule has 2 aliphatic rings. The topological polar surface area (TPSA) is 59.0 Å². The number of nitrogens with zero attached hydrogens (tertiary/aromatic N) is 1. The number of hydrogen-bond donors (Lipinski definition) is 1. The Morgan fingerprint density at radius 3 is 2.76 bits per heavy atom. The van der Waals surface area contributed by atoms with Crippen molar-refractivity contribution in [2.75, 3.05) is 26.4 Å². The summed E-state index contributed by atoms with van der Waals surface area (Å²) in [6.07, 6.45) is 5.71. The van der Waals surface area contributed by atoms with Crippen molar-refractivity contribution in [1.29, 1.82) is 0 Å². The van der Waals surface area contributed by atoms with E-state index in [0.29, 0.717) is 19.8 Å². The van der Waals surface area contributed by atoms with Gasteiger partial charge in [-0.25, -0.2) is 0 Å². The molecule has 0 spiro atoms. The summed E-state index contributed by atoms with van der Waals surface area (Å²) in [6.45, 7) is 1.25. The monoisotopic (exact) mass is 241 g/mol. The highest BCUT2D eigenvalue weighted by atomic mass is 16.6. The molecular weight excluding hydrogens is 222 g/mol. The molecule has 0 unspecified atom stereocenters. The van der Waals surface area contributed by atoms with Crippen LogP contribution in [0.25, 0.3) is 0 Å². The Labute approximate surface area is 101 Å². The van der Waals surface area contributed by atoms with Gasteiger partial charge < -0.3 is 19.5 Å². The Morgan fingerprint density at radius 1 is 1.41 bits per heavy atom. The van der Waals surface area contributed by atoms with Crippen LogP contribution in [0.3, 0.4) is 0 Å². The molecule has 1 saturated carbocycles. The first-order valence-electron chi connectivity index (χ1n) is 6.19. The SMILES string of the molecule is O=C(C1=COCCO1)N(CCO)C1CCCC1. The summed E-state index contributed by atoms with van der Waals surface area (Å²) in [5, 5.41) is 9.06. The van der Waals surface area contributed by atoms with Gasteiger partial charge in [-0.05, 0) is 12.8 Å². The van der Waals surface area contributed by atoms with Gasteiger partial charge in [0.25, 0.3) is 5.91 Å². The Balaban J connectivity index is 2.03. The van der Waals surface area contributed by atoms with E-state index in [1.807, 2.05) is 0 Å². The van der Waals surface area contributed by atoms with E-state index in [4.69, 9.17) is 14.6 Å². The predicted molar refractivity (Wildman–Crippen MR) is 61.0 cm³/mol. The van der Waals surface area contributed by atoms with Crippen LogP contribution in [0.5, 0.6) is 0 Å². The van der Waals surface area contributed by atoms with Crippen LogP contribution in [0.15, 0.2) is 12.0 Å². The normalized spacial score (nSPS) is 20.4. The molecule has 1 fully saturated rings. The molecule has 0 aromatic carbocycles. The second kappa shape index (κ2) is 5.91. The highest BCUT2D eigenvalue weighted by molar-refractivity contribution is 5.91. The molecule has 5 nitrogen and oxygen atoms in total. The summed E-state index contributed by atoms with van der Waals surface area (Å²) in [6, 6.07) is 0.237. The quantitative estimate of drug-likeness (QED) is 0.784. The molecule has 0 aromatic rings. The first kappa shape index (κ1) is 12.2. The molecule has 2 rings (SSSR count). The highest BCUT2D eigenvalue weighted by Crippen LogP contribution is 2.25. The van der Waals surface area contributed by atoms with Gasteiger partial charge in [0.2, 0.25) is 5.76 Å². The van der Waals surface area contributed by atoms with Gasteiger partial charge >= 0.3 is 0 Å². The minimum atomic E-state index is -0.161.